The number of hydrogen-bond acceptors (Lipinski definition) is 10. The summed E-state index contributed by atoms with van der Waals surface area (Å²) in [4.78, 5) is 23.3. The van der Waals surface area contributed by atoms with E-state index in [1.54, 1.807) is 0 Å². The number of carbonyl (C=O) groups is 2. The molecule has 25 heavy (non-hydrogen) atoms. The molecular weight excluding hydrogens is 357 g/mol. The van der Waals surface area contributed by atoms with Gasteiger partial charge in [-0.1, -0.05) is 0 Å². The maximum absolute atomic E-state index is 11.7. The number of halogens is 1. The van der Waals surface area contributed by atoms with Gasteiger partial charge in [0.1, 0.15) is 0 Å². The first-order chi connectivity index (χ1) is 10.8. The third-order valence-electron chi connectivity index (χ3n) is 3.03. The summed E-state index contributed by atoms with van der Waals surface area (Å²) in [5, 5.41) is 35.1. The molecule has 0 rings (SSSR count). The quantitative estimate of drug-likeness (QED) is 0.137. The summed E-state index contributed by atoms with van der Waals surface area (Å²) in [5.41, 5.74) is 8.62. The Balaban J connectivity index is 0. The molecule has 0 aromatic carbocycles. The molecule has 2 atom stereocenters. The van der Waals surface area contributed by atoms with Gasteiger partial charge in [0, 0.05) is 0 Å². The van der Waals surface area contributed by atoms with Gasteiger partial charge in [0.15, 0.2) is 11.4 Å². The zero-order valence-corrected chi connectivity index (χ0v) is 15.2. The molecule has 0 aliphatic rings. The maximum atomic E-state index is 11.7. The Bertz CT molecular complexity index is 386. The second-order valence-corrected chi connectivity index (χ2v) is 6.11. The molecule has 0 spiro atoms. The molecule has 0 bridgehead atoms. The molecule has 146 valence electrons. The van der Waals surface area contributed by atoms with Crippen LogP contribution in [0.2, 0.25) is 12.6 Å². The zero-order valence-electron chi connectivity index (χ0n) is 14.4. The van der Waals surface area contributed by atoms with Crippen LogP contribution in [0, 0.1) is 0 Å². The van der Waals surface area contributed by atoms with E-state index in [0.29, 0.717) is 0 Å². The van der Waals surface area contributed by atoms with Gasteiger partial charge < -0.3 is 29.6 Å². The van der Waals surface area contributed by atoms with E-state index < -0.39 is 37.6 Å². The molecule has 0 heterocycles. The van der Waals surface area contributed by atoms with Crippen molar-refractivity contribution in [2.75, 3.05) is 0 Å². The van der Waals surface area contributed by atoms with E-state index in [9.17, 15) is 9.59 Å². The van der Waals surface area contributed by atoms with Crippen molar-refractivity contribution in [2.45, 2.75) is 63.6 Å². The number of hydrogen-bond donors (Lipinski definition) is 6. The molecule has 0 aromatic rings. The van der Waals surface area contributed by atoms with Crippen molar-refractivity contribution in [3.05, 3.63) is 0 Å². The zero-order chi connectivity index (χ0) is 19.0. The second kappa shape index (κ2) is 11.7. The predicted octanol–water partition coefficient (Wildman–Crippen LogP) is -1.65. The topological polar surface area (TPSA) is 186 Å². The lowest BCUT2D eigenvalue weighted by molar-refractivity contribution is -0.165. The first-order valence-electron chi connectivity index (χ1n) is 7.57. The van der Waals surface area contributed by atoms with Gasteiger partial charge in [-0.2, -0.15) is 0 Å². The van der Waals surface area contributed by atoms with Gasteiger partial charge in [-0.25, -0.2) is 0 Å². The summed E-state index contributed by atoms with van der Waals surface area (Å²) in [5.74, 6) is -1.48. The Morgan fingerprint density at radius 2 is 1.12 bits per heavy atom. The van der Waals surface area contributed by atoms with Gasteiger partial charge in [-0.15, -0.1) is 12.4 Å². The normalized spacial score (nSPS) is 15.2. The lowest BCUT2D eigenvalue weighted by atomic mass is 9.82. The smallest absolute Gasteiger partial charge is 0.444 e. The average Bonchev–Trinajstić information content (AvgIpc) is 2.40. The summed E-state index contributed by atoms with van der Waals surface area (Å²) in [6.07, 6.45) is -0.635. The van der Waals surface area contributed by atoms with Crippen LogP contribution < -0.4 is 11.5 Å². The Morgan fingerprint density at radius 3 is 1.36 bits per heavy atom. The minimum atomic E-state index is -1.55. The summed E-state index contributed by atoms with van der Waals surface area (Å²) >= 11 is 0. The third-order valence-corrected chi connectivity index (χ3v) is 3.03. The SMILES string of the molecule is CC(N)(CCB(O)O)OC(=O)CCC(=O)OC(C)(N)CCB(O)O.Cl. The van der Waals surface area contributed by atoms with Crippen molar-refractivity contribution < 1.29 is 39.2 Å². The lowest BCUT2D eigenvalue weighted by Crippen LogP contribution is -2.43. The molecule has 10 nitrogen and oxygen atoms in total. The Kier molecular flexibility index (Phi) is 12.3. The molecule has 0 fully saturated rings. The first kappa shape index (κ1) is 26.3. The first-order valence-corrected chi connectivity index (χ1v) is 7.57. The van der Waals surface area contributed by atoms with Crippen molar-refractivity contribution >= 4 is 38.6 Å². The standard InChI is InChI=1S/C12H26B2N2O8.ClH/c1-11(15,5-7-13(19)20)23-9(17)3-4-10(18)24-12(2,16)6-8-14(21)22;/h19-22H,3-8,15-16H2,1-2H3;1H. The molecule has 2 unspecified atom stereocenters. The van der Waals surface area contributed by atoms with Crippen LogP contribution in [0.1, 0.15) is 39.5 Å². The molecular formula is C12H27B2ClN2O8. The summed E-state index contributed by atoms with van der Waals surface area (Å²) in [6, 6.07) is 0. The molecule has 13 heteroatoms. The van der Waals surface area contributed by atoms with E-state index in [2.05, 4.69) is 0 Å². The van der Waals surface area contributed by atoms with Crippen molar-refractivity contribution in [3.63, 3.8) is 0 Å². The Morgan fingerprint density at radius 1 is 0.840 bits per heavy atom. The highest BCUT2D eigenvalue weighted by Gasteiger charge is 2.28. The van der Waals surface area contributed by atoms with Crippen LogP contribution in [0.25, 0.3) is 0 Å². The van der Waals surface area contributed by atoms with Crippen molar-refractivity contribution in [2.24, 2.45) is 11.5 Å². The number of esters is 2. The molecule has 0 saturated heterocycles. The minimum absolute atomic E-state index is 0. The minimum Gasteiger partial charge on any atom is -0.444 e. The van der Waals surface area contributed by atoms with Crippen LogP contribution in [0.15, 0.2) is 0 Å². The monoisotopic (exact) mass is 384 g/mol. The van der Waals surface area contributed by atoms with Crippen LogP contribution in [0.4, 0.5) is 0 Å². The fraction of sp³-hybridized carbons (Fsp3) is 0.833. The van der Waals surface area contributed by atoms with E-state index in [-0.39, 0.29) is 50.7 Å². The fourth-order valence-electron chi connectivity index (χ4n) is 1.76. The maximum Gasteiger partial charge on any atom is 0.451 e. The summed E-state index contributed by atoms with van der Waals surface area (Å²) in [6.45, 7) is 2.81. The summed E-state index contributed by atoms with van der Waals surface area (Å²) in [7, 11) is -3.11. The van der Waals surface area contributed by atoms with Gasteiger partial charge in [0.05, 0.1) is 12.8 Å². The number of ether oxygens (including phenoxy) is 2. The number of nitrogens with two attached hydrogens (primary N) is 2. The largest absolute Gasteiger partial charge is 0.451 e. The fourth-order valence-corrected chi connectivity index (χ4v) is 1.76. The van der Waals surface area contributed by atoms with Crippen molar-refractivity contribution in [1.82, 2.24) is 0 Å². The summed E-state index contributed by atoms with van der Waals surface area (Å²) < 4.78 is 9.92. The molecule has 0 aliphatic heterocycles. The van der Waals surface area contributed by atoms with Gasteiger partial charge in [-0.3, -0.25) is 21.1 Å². The molecule has 0 radical (unpaired) electrons. The number of rotatable bonds is 11. The van der Waals surface area contributed by atoms with E-state index in [4.69, 9.17) is 41.0 Å². The number of carbonyl (C=O) groups excluding carboxylic acids is 2. The predicted molar refractivity (Wildman–Crippen MR) is 93.1 cm³/mol. The van der Waals surface area contributed by atoms with Crippen LogP contribution in [0.5, 0.6) is 0 Å². The highest BCUT2D eigenvalue weighted by Crippen LogP contribution is 2.16. The van der Waals surface area contributed by atoms with E-state index >= 15 is 0 Å². The van der Waals surface area contributed by atoms with Crippen LogP contribution in [0.3, 0.4) is 0 Å². The van der Waals surface area contributed by atoms with E-state index in [1.165, 1.54) is 13.8 Å². The van der Waals surface area contributed by atoms with Gasteiger partial charge >= 0.3 is 26.2 Å². The Labute approximate surface area is 153 Å². The Hall–Kier alpha value is -0.880. The highest BCUT2D eigenvalue weighted by atomic mass is 35.5. The molecule has 0 amide bonds. The van der Waals surface area contributed by atoms with Crippen LogP contribution in [-0.4, -0.2) is 57.7 Å². The third kappa shape index (κ3) is 15.1. The van der Waals surface area contributed by atoms with Gasteiger partial charge in [0.2, 0.25) is 0 Å². The molecule has 0 saturated carbocycles. The van der Waals surface area contributed by atoms with Gasteiger partial charge in [0.25, 0.3) is 0 Å². The van der Waals surface area contributed by atoms with E-state index in [0.717, 1.165) is 0 Å². The van der Waals surface area contributed by atoms with Crippen molar-refractivity contribution in [1.29, 1.82) is 0 Å². The van der Waals surface area contributed by atoms with E-state index in [1.807, 2.05) is 0 Å². The van der Waals surface area contributed by atoms with Crippen LogP contribution in [-0.2, 0) is 19.1 Å². The van der Waals surface area contributed by atoms with Gasteiger partial charge in [-0.05, 0) is 39.3 Å². The molecule has 0 aromatic heterocycles. The molecule has 8 N–H and O–H groups in total. The average molecular weight is 384 g/mol. The second-order valence-electron chi connectivity index (χ2n) is 6.11. The highest BCUT2D eigenvalue weighted by molar-refractivity contribution is 6.41. The van der Waals surface area contributed by atoms with Crippen LogP contribution >= 0.6 is 12.4 Å². The van der Waals surface area contributed by atoms with Crippen molar-refractivity contribution in [3.8, 4) is 0 Å². The lowest BCUT2D eigenvalue weighted by Gasteiger charge is -2.26. The molecule has 0 aliphatic carbocycles.